The van der Waals surface area contributed by atoms with Crippen LogP contribution >= 0.6 is 0 Å². The minimum Gasteiger partial charge on any atom is -1.00 e. The number of aryl methyl sites for hydroxylation is 1. The quantitative estimate of drug-likeness (QED) is 0.577. The number of hydrogen-bond donors (Lipinski definition) is 1. The lowest BCUT2D eigenvalue weighted by Crippen LogP contribution is -3.00. The molecule has 0 aliphatic carbocycles. The summed E-state index contributed by atoms with van der Waals surface area (Å²) in [6, 6.07) is 5.98. The molecule has 4 nitrogen and oxygen atoms in total. The highest BCUT2D eigenvalue weighted by atomic mass is 127. The number of quaternary nitrogens is 1. The van der Waals surface area contributed by atoms with E-state index in [1.807, 2.05) is 19.1 Å². The number of rotatable bonds is 4. The fraction of sp³-hybridized carbons (Fsp3) is 0.500. The summed E-state index contributed by atoms with van der Waals surface area (Å²) in [7, 11) is 3.75. The molecule has 1 aromatic rings. The number of carbonyl (C=O) groups is 1. The maximum absolute atomic E-state index is 11.2. The summed E-state index contributed by atoms with van der Waals surface area (Å²) < 4.78 is 6.05. The molecule has 1 aromatic carbocycles. The number of nitrogens with one attached hydrogen (secondary N) is 1. The van der Waals surface area contributed by atoms with Gasteiger partial charge in [-0.2, -0.15) is 0 Å². The zero-order valence-electron chi connectivity index (χ0n) is 12.3. The summed E-state index contributed by atoms with van der Waals surface area (Å²) in [4.78, 5) is 11.2. The standard InChI is InChI=1S/C14H22N2O2.HI/c1-6-16(5,7-2)12-8-9-13(11(3)10-12)18-14(17)15-4;/h8-10H,6-7H2,1-5H3;1H. The van der Waals surface area contributed by atoms with Crippen molar-refractivity contribution in [3.05, 3.63) is 23.8 Å². The van der Waals surface area contributed by atoms with Gasteiger partial charge in [-0.15, -0.1) is 0 Å². The summed E-state index contributed by atoms with van der Waals surface area (Å²) in [5.41, 5.74) is 2.21. The Bertz CT molecular complexity index is 431. The predicted molar refractivity (Wildman–Crippen MR) is 75.1 cm³/mol. The molecule has 0 unspecified atom stereocenters. The van der Waals surface area contributed by atoms with E-state index in [4.69, 9.17) is 4.74 Å². The number of carbonyl (C=O) groups excluding carboxylic acids is 1. The first kappa shape index (κ1) is 18.2. The van der Waals surface area contributed by atoms with Gasteiger partial charge in [-0.25, -0.2) is 4.79 Å². The van der Waals surface area contributed by atoms with E-state index in [0.717, 1.165) is 23.1 Å². The summed E-state index contributed by atoms with van der Waals surface area (Å²) >= 11 is 0. The van der Waals surface area contributed by atoms with Gasteiger partial charge in [0, 0.05) is 19.2 Å². The third-order valence-corrected chi connectivity index (χ3v) is 3.58. The molecule has 0 fully saturated rings. The highest BCUT2D eigenvalue weighted by Crippen LogP contribution is 2.27. The average Bonchev–Trinajstić information content (AvgIpc) is 2.39. The maximum atomic E-state index is 11.2. The molecule has 0 aliphatic rings. The molecular weight excluding hydrogens is 355 g/mol. The van der Waals surface area contributed by atoms with Crippen LogP contribution in [0.4, 0.5) is 10.5 Å². The lowest BCUT2D eigenvalue weighted by Gasteiger charge is -2.32. The number of halogens is 1. The van der Waals surface area contributed by atoms with Crippen molar-refractivity contribution in [3.63, 3.8) is 0 Å². The fourth-order valence-corrected chi connectivity index (χ4v) is 1.82. The second kappa shape index (κ2) is 7.69. The summed E-state index contributed by atoms with van der Waals surface area (Å²) in [5.74, 6) is 0.608. The van der Waals surface area contributed by atoms with Gasteiger partial charge in [0.25, 0.3) is 0 Å². The number of ether oxygens (including phenoxy) is 1. The van der Waals surface area contributed by atoms with E-state index in [1.54, 1.807) is 7.05 Å². The Kier molecular flexibility index (Phi) is 7.36. The normalized spacial score (nSPS) is 10.6. The van der Waals surface area contributed by atoms with E-state index in [1.165, 1.54) is 5.69 Å². The first-order valence-corrected chi connectivity index (χ1v) is 6.32. The minimum absolute atomic E-state index is 0. The van der Waals surface area contributed by atoms with Gasteiger partial charge in [-0.1, -0.05) is 0 Å². The number of nitrogens with zero attached hydrogens (tertiary/aromatic N) is 1. The molecule has 1 amide bonds. The highest BCUT2D eigenvalue weighted by molar-refractivity contribution is 5.70. The van der Waals surface area contributed by atoms with Crippen LogP contribution in [0.5, 0.6) is 5.75 Å². The smallest absolute Gasteiger partial charge is 0.412 e. The van der Waals surface area contributed by atoms with E-state index in [2.05, 4.69) is 32.3 Å². The first-order valence-electron chi connectivity index (χ1n) is 6.32. The molecular formula is C14H23IN2O2. The van der Waals surface area contributed by atoms with Gasteiger partial charge in [-0.3, -0.25) is 4.48 Å². The Balaban J connectivity index is 0.00000324. The molecule has 0 radical (unpaired) electrons. The Morgan fingerprint density at radius 3 is 2.32 bits per heavy atom. The van der Waals surface area contributed by atoms with E-state index in [-0.39, 0.29) is 24.0 Å². The average molecular weight is 378 g/mol. The Hall–Kier alpha value is -0.820. The van der Waals surface area contributed by atoms with Crippen LogP contribution in [-0.4, -0.2) is 33.3 Å². The molecule has 0 saturated heterocycles. The second-order valence-electron chi connectivity index (χ2n) is 4.62. The molecule has 0 aromatic heterocycles. The van der Waals surface area contributed by atoms with Crippen LogP contribution in [0.2, 0.25) is 0 Å². The zero-order valence-corrected chi connectivity index (χ0v) is 14.4. The SMILES string of the molecule is CC[N+](C)(CC)c1ccc(OC(=O)NC)c(C)c1.[I-]. The number of benzene rings is 1. The number of amides is 1. The van der Waals surface area contributed by atoms with Crippen LogP contribution in [0, 0.1) is 6.92 Å². The third-order valence-electron chi connectivity index (χ3n) is 3.58. The Labute approximate surface area is 132 Å². The zero-order chi connectivity index (χ0) is 13.8. The molecule has 0 heterocycles. The van der Waals surface area contributed by atoms with Gasteiger partial charge in [0.1, 0.15) is 11.4 Å². The van der Waals surface area contributed by atoms with Gasteiger partial charge in [0.05, 0.1) is 20.1 Å². The monoisotopic (exact) mass is 378 g/mol. The largest absolute Gasteiger partial charge is 1.00 e. The summed E-state index contributed by atoms with van der Waals surface area (Å²) in [6.45, 7) is 8.37. The van der Waals surface area contributed by atoms with Gasteiger partial charge < -0.3 is 34.0 Å². The maximum Gasteiger partial charge on any atom is 0.412 e. The first-order chi connectivity index (χ1) is 8.46. The van der Waals surface area contributed by atoms with Crippen molar-refractivity contribution < 1.29 is 33.5 Å². The molecule has 0 bridgehead atoms. The van der Waals surface area contributed by atoms with Gasteiger partial charge in [-0.05, 0) is 32.4 Å². The van der Waals surface area contributed by atoms with E-state index in [0.29, 0.717) is 5.75 Å². The molecule has 0 spiro atoms. The van der Waals surface area contributed by atoms with Crippen molar-refractivity contribution in [3.8, 4) is 5.75 Å². The summed E-state index contributed by atoms with van der Waals surface area (Å²) in [5, 5.41) is 2.44. The molecule has 0 aliphatic heterocycles. The lowest BCUT2D eigenvalue weighted by atomic mass is 10.1. The molecule has 108 valence electrons. The molecule has 1 rings (SSSR count). The Morgan fingerprint density at radius 1 is 1.32 bits per heavy atom. The topological polar surface area (TPSA) is 38.3 Å². The lowest BCUT2D eigenvalue weighted by molar-refractivity contribution is -0.00000883. The molecule has 0 saturated carbocycles. The second-order valence-corrected chi connectivity index (χ2v) is 4.62. The number of hydrogen-bond acceptors (Lipinski definition) is 2. The van der Waals surface area contributed by atoms with E-state index < -0.39 is 6.09 Å². The van der Waals surface area contributed by atoms with Crippen LogP contribution in [0.25, 0.3) is 0 Å². The van der Waals surface area contributed by atoms with Crippen molar-refractivity contribution in [2.24, 2.45) is 0 Å². The van der Waals surface area contributed by atoms with Crippen molar-refractivity contribution in [2.75, 3.05) is 27.2 Å². The highest BCUT2D eigenvalue weighted by Gasteiger charge is 2.21. The Morgan fingerprint density at radius 2 is 1.89 bits per heavy atom. The van der Waals surface area contributed by atoms with Gasteiger partial charge in [0.2, 0.25) is 0 Å². The van der Waals surface area contributed by atoms with Gasteiger partial charge >= 0.3 is 6.09 Å². The summed E-state index contributed by atoms with van der Waals surface area (Å²) in [6.07, 6.45) is -0.436. The predicted octanol–water partition coefficient (Wildman–Crippen LogP) is -0.306. The minimum atomic E-state index is -0.436. The van der Waals surface area contributed by atoms with Crippen molar-refractivity contribution in [1.29, 1.82) is 0 Å². The molecule has 5 heteroatoms. The molecule has 1 N–H and O–H groups in total. The van der Waals surface area contributed by atoms with E-state index in [9.17, 15) is 4.79 Å². The molecule has 19 heavy (non-hydrogen) atoms. The van der Waals surface area contributed by atoms with Crippen LogP contribution in [0.1, 0.15) is 19.4 Å². The van der Waals surface area contributed by atoms with Crippen LogP contribution in [0.3, 0.4) is 0 Å². The van der Waals surface area contributed by atoms with E-state index >= 15 is 0 Å². The van der Waals surface area contributed by atoms with Crippen molar-refractivity contribution >= 4 is 11.8 Å². The van der Waals surface area contributed by atoms with Crippen molar-refractivity contribution in [1.82, 2.24) is 9.80 Å². The third kappa shape index (κ3) is 4.35. The van der Waals surface area contributed by atoms with Crippen LogP contribution < -0.4 is 38.5 Å². The van der Waals surface area contributed by atoms with Crippen molar-refractivity contribution in [2.45, 2.75) is 20.8 Å². The van der Waals surface area contributed by atoms with Gasteiger partial charge in [0.15, 0.2) is 0 Å². The van der Waals surface area contributed by atoms with Crippen LogP contribution in [0.15, 0.2) is 18.2 Å². The molecule has 0 atom stereocenters. The van der Waals surface area contributed by atoms with Crippen LogP contribution in [-0.2, 0) is 0 Å². The fourth-order valence-electron chi connectivity index (χ4n) is 1.82.